The van der Waals surface area contributed by atoms with Crippen molar-refractivity contribution < 1.29 is 23.8 Å². The molecule has 0 atom stereocenters. The van der Waals surface area contributed by atoms with Crippen molar-refractivity contribution in [3.05, 3.63) is 24.3 Å². The maximum atomic E-state index is 12.9. The minimum absolute atomic E-state index is 0.203. The lowest BCUT2D eigenvalue weighted by atomic mass is 9.91. The summed E-state index contributed by atoms with van der Waals surface area (Å²) in [5.41, 5.74) is -0.340. The molecule has 0 bridgehead atoms. The van der Waals surface area contributed by atoms with E-state index in [0.29, 0.717) is 50.6 Å². The molecule has 1 aliphatic rings. The Morgan fingerprint density at radius 1 is 1.23 bits per heavy atom. The van der Waals surface area contributed by atoms with E-state index in [4.69, 9.17) is 14.2 Å². The molecule has 0 radical (unpaired) electrons. The summed E-state index contributed by atoms with van der Waals surface area (Å²) in [6.45, 7) is 2.20. The number of benzene rings is 1. The van der Waals surface area contributed by atoms with Crippen molar-refractivity contribution >= 4 is 17.7 Å². The van der Waals surface area contributed by atoms with E-state index in [1.165, 1.54) is 4.90 Å². The van der Waals surface area contributed by atoms with Gasteiger partial charge in [-0.25, -0.2) is 4.79 Å². The number of carbonyl (C=O) groups is 2. The Balaban J connectivity index is 2.07. The number of nitrogens with zero attached hydrogens (tertiary/aromatic N) is 1. The molecule has 1 aromatic carbocycles. The van der Waals surface area contributed by atoms with Crippen LogP contribution in [0.5, 0.6) is 5.75 Å². The summed E-state index contributed by atoms with van der Waals surface area (Å²) >= 11 is 0. The Bertz CT molecular complexity index is 615. The molecule has 0 aromatic heterocycles. The first-order valence-corrected chi connectivity index (χ1v) is 8.61. The van der Waals surface area contributed by atoms with Gasteiger partial charge in [0.15, 0.2) is 0 Å². The first kappa shape index (κ1) is 20.2. The van der Waals surface area contributed by atoms with Gasteiger partial charge in [0.25, 0.3) is 5.91 Å². The standard InChI is InChI=1S/C18H27N3O5/c1-21(2)17(23)26-15-6-4-5-14(13-15)20-16(22)18(25-12-11-24-3)7-9-19-10-8-18/h4-6,13,19H,7-12H2,1-3H3,(H,20,22). The summed E-state index contributed by atoms with van der Waals surface area (Å²) in [7, 11) is 4.80. The van der Waals surface area contributed by atoms with Crippen molar-refractivity contribution in [2.24, 2.45) is 0 Å². The van der Waals surface area contributed by atoms with Crippen molar-refractivity contribution in [1.82, 2.24) is 10.2 Å². The highest BCUT2D eigenvalue weighted by Crippen LogP contribution is 2.26. The quantitative estimate of drug-likeness (QED) is 0.712. The van der Waals surface area contributed by atoms with Crippen molar-refractivity contribution in [2.45, 2.75) is 18.4 Å². The van der Waals surface area contributed by atoms with Crippen molar-refractivity contribution in [3.63, 3.8) is 0 Å². The van der Waals surface area contributed by atoms with E-state index in [0.717, 1.165) is 0 Å². The van der Waals surface area contributed by atoms with Gasteiger partial charge in [-0.3, -0.25) is 4.79 Å². The van der Waals surface area contributed by atoms with Crippen LogP contribution < -0.4 is 15.4 Å². The number of hydrogen-bond acceptors (Lipinski definition) is 6. The molecule has 1 aromatic rings. The zero-order valence-corrected chi connectivity index (χ0v) is 15.5. The van der Waals surface area contributed by atoms with E-state index >= 15 is 0 Å². The third-order valence-electron chi connectivity index (χ3n) is 4.15. The average molecular weight is 365 g/mol. The topological polar surface area (TPSA) is 89.1 Å². The fourth-order valence-corrected chi connectivity index (χ4v) is 2.66. The fraction of sp³-hybridized carbons (Fsp3) is 0.556. The number of anilines is 1. The average Bonchev–Trinajstić information content (AvgIpc) is 2.63. The third-order valence-corrected chi connectivity index (χ3v) is 4.15. The molecule has 26 heavy (non-hydrogen) atoms. The van der Waals surface area contributed by atoms with E-state index in [-0.39, 0.29) is 5.91 Å². The number of amides is 2. The molecule has 1 aliphatic heterocycles. The molecule has 2 amide bonds. The predicted molar refractivity (Wildman–Crippen MR) is 97.4 cm³/mol. The molecule has 1 saturated heterocycles. The second-order valence-electron chi connectivity index (χ2n) is 6.33. The fourth-order valence-electron chi connectivity index (χ4n) is 2.66. The van der Waals surface area contributed by atoms with Gasteiger partial charge in [-0.15, -0.1) is 0 Å². The van der Waals surface area contributed by atoms with Gasteiger partial charge >= 0.3 is 6.09 Å². The van der Waals surface area contributed by atoms with Gasteiger partial charge in [0.05, 0.1) is 13.2 Å². The lowest BCUT2D eigenvalue weighted by molar-refractivity contribution is -0.147. The molecule has 1 heterocycles. The summed E-state index contributed by atoms with van der Waals surface area (Å²) in [6, 6.07) is 6.74. The Morgan fingerprint density at radius 2 is 1.96 bits per heavy atom. The van der Waals surface area contributed by atoms with E-state index < -0.39 is 11.7 Å². The summed E-state index contributed by atoms with van der Waals surface area (Å²) in [4.78, 5) is 25.9. The number of rotatable bonds is 7. The lowest BCUT2D eigenvalue weighted by Crippen LogP contribution is -2.52. The normalized spacial score (nSPS) is 16.0. The minimum atomic E-state index is -0.889. The molecular weight excluding hydrogens is 338 g/mol. The van der Waals surface area contributed by atoms with Gasteiger partial charge in [-0.2, -0.15) is 0 Å². The summed E-state index contributed by atoms with van der Waals surface area (Å²) in [5, 5.41) is 6.12. The molecule has 0 aliphatic carbocycles. The zero-order chi connectivity index (χ0) is 19.0. The van der Waals surface area contributed by atoms with Gasteiger partial charge in [-0.05, 0) is 38.1 Å². The molecular formula is C18H27N3O5. The number of ether oxygens (including phenoxy) is 3. The molecule has 144 valence electrons. The summed E-state index contributed by atoms with van der Waals surface area (Å²) in [6.07, 6.45) is 0.682. The highest BCUT2D eigenvalue weighted by molar-refractivity contribution is 5.97. The van der Waals surface area contributed by atoms with Crippen LogP contribution in [0.2, 0.25) is 0 Å². The number of carbonyl (C=O) groups excluding carboxylic acids is 2. The van der Waals surface area contributed by atoms with Crippen LogP contribution in [-0.2, 0) is 14.3 Å². The Labute approximate surface area is 153 Å². The highest BCUT2D eigenvalue weighted by Gasteiger charge is 2.40. The zero-order valence-electron chi connectivity index (χ0n) is 15.5. The number of piperidine rings is 1. The maximum absolute atomic E-state index is 12.9. The van der Waals surface area contributed by atoms with Crippen LogP contribution in [0.25, 0.3) is 0 Å². The highest BCUT2D eigenvalue weighted by atomic mass is 16.6. The smallest absolute Gasteiger partial charge is 0.410 e. The second-order valence-corrected chi connectivity index (χ2v) is 6.33. The minimum Gasteiger partial charge on any atom is -0.410 e. The first-order chi connectivity index (χ1) is 12.5. The van der Waals surface area contributed by atoms with Crippen molar-refractivity contribution in [2.75, 3.05) is 52.8 Å². The Hall–Kier alpha value is -2.16. The van der Waals surface area contributed by atoms with Crippen molar-refractivity contribution in [3.8, 4) is 5.75 Å². The molecule has 0 saturated carbocycles. The third kappa shape index (κ3) is 5.42. The van der Waals surface area contributed by atoms with Gasteiger partial charge in [0, 0.05) is 33.0 Å². The Morgan fingerprint density at radius 3 is 2.62 bits per heavy atom. The molecule has 8 nitrogen and oxygen atoms in total. The number of nitrogens with one attached hydrogen (secondary N) is 2. The van der Waals surface area contributed by atoms with Gasteiger partial charge < -0.3 is 29.7 Å². The monoisotopic (exact) mass is 365 g/mol. The predicted octanol–water partition coefficient (Wildman–Crippen LogP) is 1.47. The van der Waals surface area contributed by atoms with Crippen LogP contribution in [0.15, 0.2) is 24.3 Å². The van der Waals surface area contributed by atoms with Gasteiger partial charge in [-0.1, -0.05) is 6.07 Å². The van der Waals surface area contributed by atoms with E-state index in [9.17, 15) is 9.59 Å². The maximum Gasteiger partial charge on any atom is 0.414 e. The van der Waals surface area contributed by atoms with Crippen LogP contribution in [0, 0.1) is 0 Å². The summed E-state index contributed by atoms with van der Waals surface area (Å²) in [5.74, 6) is 0.160. The number of methoxy groups -OCH3 is 1. The molecule has 0 unspecified atom stereocenters. The number of hydrogen-bond donors (Lipinski definition) is 2. The van der Waals surface area contributed by atoms with Crippen LogP contribution in [0.4, 0.5) is 10.5 Å². The SMILES string of the molecule is COCCOC1(C(=O)Nc2cccc(OC(=O)N(C)C)c2)CCNCC1. The van der Waals surface area contributed by atoms with Crippen molar-refractivity contribution in [1.29, 1.82) is 0 Å². The molecule has 2 N–H and O–H groups in total. The van der Waals surface area contributed by atoms with Gasteiger partial charge in [0.1, 0.15) is 11.4 Å². The van der Waals surface area contributed by atoms with Crippen LogP contribution in [0.1, 0.15) is 12.8 Å². The largest absolute Gasteiger partial charge is 0.414 e. The molecule has 1 fully saturated rings. The van der Waals surface area contributed by atoms with Gasteiger partial charge in [0.2, 0.25) is 0 Å². The molecule has 2 rings (SSSR count). The van der Waals surface area contributed by atoms with E-state index in [1.54, 1.807) is 45.5 Å². The lowest BCUT2D eigenvalue weighted by Gasteiger charge is -2.36. The first-order valence-electron chi connectivity index (χ1n) is 8.61. The van der Waals surface area contributed by atoms with Crippen LogP contribution in [-0.4, -0.2) is 70.0 Å². The summed E-state index contributed by atoms with van der Waals surface area (Å²) < 4.78 is 16.2. The Kier molecular flexibility index (Phi) is 7.38. The molecule has 8 heteroatoms. The van der Waals surface area contributed by atoms with Crippen LogP contribution in [0.3, 0.4) is 0 Å². The van der Waals surface area contributed by atoms with E-state index in [2.05, 4.69) is 10.6 Å². The van der Waals surface area contributed by atoms with E-state index in [1.807, 2.05) is 0 Å². The molecule has 0 spiro atoms. The van der Waals surface area contributed by atoms with Crippen LogP contribution >= 0.6 is 0 Å². The second kappa shape index (κ2) is 9.51.